The highest BCUT2D eigenvalue weighted by atomic mass is 16.5. The molecule has 136 valence electrons. The van der Waals surface area contributed by atoms with Crippen LogP contribution < -0.4 is 0 Å². The number of ether oxygens (including phenoxy) is 1. The number of aromatic nitrogens is 3. The predicted octanol–water partition coefficient (Wildman–Crippen LogP) is 2.98. The number of rotatable bonds is 7. The van der Waals surface area contributed by atoms with Gasteiger partial charge in [0.05, 0.1) is 11.4 Å². The Morgan fingerprint density at radius 3 is 2.88 bits per heavy atom. The first-order chi connectivity index (χ1) is 12.2. The minimum absolute atomic E-state index is 0.641. The molecule has 1 atom stereocenters. The first kappa shape index (κ1) is 16.9. The molecule has 1 fully saturated rings. The van der Waals surface area contributed by atoms with Gasteiger partial charge in [-0.1, -0.05) is 0 Å². The van der Waals surface area contributed by atoms with Gasteiger partial charge in [-0.05, 0) is 56.2 Å². The molecule has 0 N–H and O–H groups in total. The maximum atomic E-state index is 5.90. The fourth-order valence-corrected chi connectivity index (χ4v) is 3.89. The first-order valence-corrected chi connectivity index (χ1v) is 9.61. The summed E-state index contributed by atoms with van der Waals surface area (Å²) in [5.41, 5.74) is 3.81. The van der Waals surface area contributed by atoms with Crippen molar-refractivity contribution in [3.8, 4) is 0 Å². The summed E-state index contributed by atoms with van der Waals surface area (Å²) in [4.78, 5) is 2.57. The maximum Gasteiger partial charge on any atom is 0.0597 e. The Hall–Kier alpha value is -1.59. The van der Waals surface area contributed by atoms with Gasteiger partial charge in [-0.2, -0.15) is 5.10 Å². The molecule has 0 amide bonds. The van der Waals surface area contributed by atoms with Crippen molar-refractivity contribution in [1.29, 1.82) is 0 Å². The van der Waals surface area contributed by atoms with Gasteiger partial charge in [0.15, 0.2) is 0 Å². The van der Waals surface area contributed by atoms with E-state index in [-0.39, 0.29) is 0 Å². The number of aryl methyl sites for hydroxylation is 2. The predicted molar refractivity (Wildman–Crippen MR) is 98.1 cm³/mol. The van der Waals surface area contributed by atoms with Gasteiger partial charge in [-0.25, -0.2) is 0 Å². The van der Waals surface area contributed by atoms with Crippen LogP contribution in [0.1, 0.15) is 36.3 Å². The molecule has 0 spiro atoms. The molecule has 0 saturated heterocycles. The third-order valence-corrected chi connectivity index (χ3v) is 5.49. The van der Waals surface area contributed by atoms with E-state index >= 15 is 0 Å². The summed E-state index contributed by atoms with van der Waals surface area (Å²) in [6, 6.07) is 6.64. The van der Waals surface area contributed by atoms with Crippen LogP contribution in [0, 0.1) is 18.8 Å². The molecule has 1 aliphatic heterocycles. The van der Waals surface area contributed by atoms with E-state index in [9.17, 15) is 0 Å². The van der Waals surface area contributed by atoms with Crippen molar-refractivity contribution in [2.24, 2.45) is 18.9 Å². The van der Waals surface area contributed by atoms with Gasteiger partial charge in [-0.3, -0.25) is 9.58 Å². The summed E-state index contributed by atoms with van der Waals surface area (Å²) in [5.74, 6) is 1.50. The minimum Gasteiger partial charge on any atom is -0.381 e. The van der Waals surface area contributed by atoms with E-state index in [1.165, 1.54) is 24.2 Å². The van der Waals surface area contributed by atoms with Gasteiger partial charge in [0, 0.05) is 58.3 Å². The molecule has 1 saturated carbocycles. The highest BCUT2D eigenvalue weighted by molar-refractivity contribution is 5.11. The molecule has 3 heterocycles. The summed E-state index contributed by atoms with van der Waals surface area (Å²) in [5, 5.41) is 4.50. The van der Waals surface area contributed by atoms with E-state index in [2.05, 4.69) is 45.9 Å². The molecule has 25 heavy (non-hydrogen) atoms. The third-order valence-electron chi connectivity index (χ3n) is 5.49. The Morgan fingerprint density at radius 1 is 1.24 bits per heavy atom. The number of hydrogen-bond donors (Lipinski definition) is 0. The molecule has 0 radical (unpaired) electrons. The topological polar surface area (TPSA) is 35.2 Å². The van der Waals surface area contributed by atoms with E-state index in [1.54, 1.807) is 0 Å². The van der Waals surface area contributed by atoms with E-state index in [1.807, 2.05) is 11.7 Å². The van der Waals surface area contributed by atoms with Crippen molar-refractivity contribution in [2.75, 3.05) is 19.8 Å². The van der Waals surface area contributed by atoms with Gasteiger partial charge in [-0.15, -0.1) is 0 Å². The molecule has 5 nitrogen and oxygen atoms in total. The smallest absolute Gasteiger partial charge is 0.0597 e. The molecule has 0 unspecified atom stereocenters. The summed E-state index contributed by atoms with van der Waals surface area (Å²) in [6.45, 7) is 8.14. The summed E-state index contributed by atoms with van der Waals surface area (Å²) in [6.07, 6.45) is 6.11. The van der Waals surface area contributed by atoms with Gasteiger partial charge in [0.1, 0.15) is 0 Å². The van der Waals surface area contributed by atoms with Crippen LogP contribution in [0.4, 0.5) is 0 Å². The number of nitrogens with zero attached hydrogens (tertiary/aromatic N) is 4. The zero-order valence-corrected chi connectivity index (χ0v) is 15.5. The van der Waals surface area contributed by atoms with Crippen molar-refractivity contribution in [1.82, 2.24) is 19.2 Å². The van der Waals surface area contributed by atoms with Crippen molar-refractivity contribution in [2.45, 2.75) is 45.8 Å². The van der Waals surface area contributed by atoms with Crippen LogP contribution in [0.5, 0.6) is 0 Å². The van der Waals surface area contributed by atoms with Gasteiger partial charge in [0.25, 0.3) is 0 Å². The van der Waals surface area contributed by atoms with Gasteiger partial charge < -0.3 is 9.30 Å². The average molecular weight is 342 g/mol. The van der Waals surface area contributed by atoms with E-state index in [4.69, 9.17) is 4.74 Å². The minimum atomic E-state index is 0.641. The van der Waals surface area contributed by atoms with Crippen molar-refractivity contribution >= 4 is 0 Å². The molecular formula is C20H30N4O. The van der Waals surface area contributed by atoms with Gasteiger partial charge in [0.2, 0.25) is 0 Å². The fraction of sp³-hybridized carbons (Fsp3) is 0.650. The Bertz CT molecular complexity index is 700. The van der Waals surface area contributed by atoms with E-state index < -0.39 is 0 Å². The lowest BCUT2D eigenvalue weighted by molar-refractivity contribution is 0.101. The van der Waals surface area contributed by atoms with Crippen molar-refractivity contribution < 1.29 is 4.74 Å². The van der Waals surface area contributed by atoms with Crippen LogP contribution in [0.2, 0.25) is 0 Å². The Labute approximate surface area is 150 Å². The number of hydrogen-bond acceptors (Lipinski definition) is 3. The Balaban J connectivity index is 1.40. The monoisotopic (exact) mass is 342 g/mol. The Kier molecular flexibility index (Phi) is 4.95. The van der Waals surface area contributed by atoms with E-state index in [0.29, 0.717) is 5.92 Å². The summed E-state index contributed by atoms with van der Waals surface area (Å²) >= 11 is 0. The van der Waals surface area contributed by atoms with Crippen LogP contribution in [0.25, 0.3) is 0 Å². The third kappa shape index (κ3) is 4.33. The molecule has 5 heteroatoms. The second-order valence-corrected chi connectivity index (χ2v) is 7.90. The zero-order valence-electron chi connectivity index (χ0n) is 15.5. The molecule has 4 rings (SSSR count). The fourth-order valence-electron chi connectivity index (χ4n) is 3.89. The lowest BCUT2D eigenvalue weighted by Gasteiger charge is -2.24. The zero-order chi connectivity index (χ0) is 17.2. The lowest BCUT2D eigenvalue weighted by atomic mass is 10.1. The standard InChI is InChI=1S/C20H30N4O/c1-16-10-20(22(2)21-16)14-23-11-18(7-9-25-15-17-5-6-17)12-24-8-3-4-19(24)13-23/h3-4,8,10,17-18H,5-7,9,11-15H2,1-2H3/t18-/m0/s1. The van der Waals surface area contributed by atoms with Crippen LogP contribution in [-0.2, 0) is 31.4 Å². The largest absolute Gasteiger partial charge is 0.381 e. The SMILES string of the molecule is Cc1cc(CN2Cc3cccn3C[C@@H](CCOCC3CC3)C2)n(C)n1. The maximum absolute atomic E-state index is 5.90. The number of fused-ring (bicyclic) bond motifs is 1. The first-order valence-electron chi connectivity index (χ1n) is 9.61. The molecule has 2 aromatic rings. The van der Waals surface area contributed by atoms with Gasteiger partial charge >= 0.3 is 0 Å². The normalized spacial score (nSPS) is 21.3. The molecule has 1 aliphatic carbocycles. The van der Waals surface area contributed by atoms with Crippen molar-refractivity contribution in [3.05, 3.63) is 41.5 Å². The quantitative estimate of drug-likeness (QED) is 0.726. The Morgan fingerprint density at radius 2 is 2.12 bits per heavy atom. The summed E-state index contributed by atoms with van der Waals surface area (Å²) in [7, 11) is 2.05. The molecule has 2 aliphatic rings. The molecule has 0 aromatic carbocycles. The van der Waals surface area contributed by atoms with Crippen LogP contribution in [-0.4, -0.2) is 39.0 Å². The van der Waals surface area contributed by atoms with E-state index in [0.717, 1.165) is 57.4 Å². The molecular weight excluding hydrogens is 312 g/mol. The van der Waals surface area contributed by atoms with Crippen LogP contribution in [0.3, 0.4) is 0 Å². The van der Waals surface area contributed by atoms with Crippen LogP contribution >= 0.6 is 0 Å². The van der Waals surface area contributed by atoms with Crippen molar-refractivity contribution in [3.63, 3.8) is 0 Å². The van der Waals surface area contributed by atoms with Crippen LogP contribution in [0.15, 0.2) is 24.4 Å². The molecule has 2 aromatic heterocycles. The second kappa shape index (κ2) is 7.34. The average Bonchev–Trinajstić information content (AvgIpc) is 3.25. The highest BCUT2D eigenvalue weighted by Gasteiger charge is 2.24. The summed E-state index contributed by atoms with van der Waals surface area (Å²) < 4.78 is 10.4. The molecule has 0 bridgehead atoms. The lowest BCUT2D eigenvalue weighted by Crippen LogP contribution is -2.29. The second-order valence-electron chi connectivity index (χ2n) is 7.90. The highest BCUT2D eigenvalue weighted by Crippen LogP contribution is 2.29.